The van der Waals surface area contributed by atoms with E-state index in [1.54, 1.807) is 86.6 Å². The van der Waals surface area contributed by atoms with Crippen LogP contribution in [0.5, 0.6) is 0 Å². The fraction of sp³-hybridized carbons (Fsp3) is 0.641. The minimum Gasteiger partial charge on any atom is -0.460 e. The molecule has 1 aromatic carbocycles. The van der Waals surface area contributed by atoms with Gasteiger partial charge in [-0.2, -0.15) is 0 Å². The van der Waals surface area contributed by atoms with Crippen LogP contribution in [0.3, 0.4) is 0 Å². The third-order valence-electron chi connectivity index (χ3n) is 9.01. The second kappa shape index (κ2) is 20.7. The Balaban J connectivity index is 2.01. The Bertz CT molecular complexity index is 1570. The second-order valence-electron chi connectivity index (χ2n) is 16.5. The molecule has 0 spiro atoms. The Hall–Kier alpha value is -5.06. The summed E-state index contributed by atoms with van der Waals surface area (Å²) >= 11 is 0. The van der Waals surface area contributed by atoms with E-state index >= 15 is 0 Å². The van der Waals surface area contributed by atoms with Crippen LogP contribution >= 0.6 is 0 Å². The first-order chi connectivity index (χ1) is 25.9. The van der Waals surface area contributed by atoms with E-state index in [4.69, 9.17) is 20.0 Å². The lowest BCUT2D eigenvalue weighted by molar-refractivity contribution is -0.198. The minimum atomic E-state index is -1.04. The van der Waals surface area contributed by atoms with Gasteiger partial charge < -0.3 is 41.3 Å². The summed E-state index contributed by atoms with van der Waals surface area (Å²) in [6.45, 7) is 16.1. The predicted octanol–water partition coefficient (Wildman–Crippen LogP) is 3.39. The minimum absolute atomic E-state index is 0.000477. The zero-order valence-electron chi connectivity index (χ0n) is 34.1. The molecule has 1 aliphatic rings. The molecule has 0 aromatic heterocycles. The van der Waals surface area contributed by atoms with Crippen LogP contribution in [0.25, 0.3) is 0 Å². The number of amides is 7. The van der Waals surface area contributed by atoms with Crippen molar-refractivity contribution in [3.8, 4) is 0 Å². The Morgan fingerprint density at radius 2 is 1.46 bits per heavy atom. The fourth-order valence-electron chi connectivity index (χ4n) is 5.18. The zero-order chi connectivity index (χ0) is 42.4. The first-order valence-electron chi connectivity index (χ1n) is 18.8. The van der Waals surface area contributed by atoms with Gasteiger partial charge in [-0.15, -0.1) is 5.06 Å². The number of rotatable bonds is 21. The summed E-state index contributed by atoms with van der Waals surface area (Å²) < 4.78 is 11.3. The molecule has 312 valence electrons. The van der Waals surface area contributed by atoms with E-state index in [1.165, 1.54) is 0 Å². The highest BCUT2D eigenvalue weighted by atomic mass is 16.7. The molecule has 1 heterocycles. The molecule has 0 bridgehead atoms. The van der Waals surface area contributed by atoms with Crippen LogP contribution in [0.2, 0.25) is 0 Å². The van der Waals surface area contributed by atoms with Crippen molar-refractivity contribution in [1.29, 1.82) is 0 Å². The molecule has 17 heteroatoms. The first-order valence-corrected chi connectivity index (χ1v) is 18.8. The quantitative estimate of drug-likeness (QED) is 0.0687. The Labute approximate surface area is 328 Å². The Morgan fingerprint density at radius 1 is 0.857 bits per heavy atom. The third kappa shape index (κ3) is 16.0. The van der Waals surface area contributed by atoms with E-state index in [1.807, 2.05) is 0 Å². The average molecular weight is 789 g/mol. The molecule has 2 rings (SSSR count). The lowest BCUT2D eigenvalue weighted by atomic mass is 9.87. The number of imide groups is 1. The maximum atomic E-state index is 13.7. The molecule has 0 radical (unpaired) electrons. The number of nitrogens with one attached hydrogen (secondary N) is 4. The number of hydrogen-bond donors (Lipinski definition) is 5. The molecule has 1 unspecified atom stereocenters. The summed E-state index contributed by atoms with van der Waals surface area (Å²) in [5, 5.41) is 11.3. The van der Waals surface area contributed by atoms with E-state index in [0.717, 1.165) is 0 Å². The van der Waals surface area contributed by atoms with E-state index in [-0.39, 0.29) is 70.2 Å². The van der Waals surface area contributed by atoms with Crippen molar-refractivity contribution in [2.75, 3.05) is 18.5 Å². The van der Waals surface area contributed by atoms with Gasteiger partial charge in [0.2, 0.25) is 17.7 Å². The standard InChI is InChI=1S/C39H60N6O11/c1-24(2)31(44-34(51)38(6,7)20-22-55-39(8,9)19-18-30(48)56-45-28(46)16-17-29(45)47)33(50)43-27(11-10-21-41-36(40)53)32(49)42-26-14-12-25(13-15-26)23-54-35(52)37(3,4)5/h12-15,24,27,31H,10-11,16-23H2,1-9H3,(H,42,49)(H,43,50)(H,44,51)(H3,40,41,53)/t27-,31?/m1/s1. The Morgan fingerprint density at radius 3 is 2.02 bits per heavy atom. The number of hydroxylamine groups is 2. The lowest BCUT2D eigenvalue weighted by Gasteiger charge is -2.31. The fourth-order valence-corrected chi connectivity index (χ4v) is 5.18. The highest BCUT2D eigenvalue weighted by molar-refractivity contribution is 6.01. The van der Waals surface area contributed by atoms with Gasteiger partial charge in [0, 0.05) is 37.1 Å². The highest BCUT2D eigenvalue weighted by Crippen LogP contribution is 2.25. The van der Waals surface area contributed by atoms with Crippen LogP contribution in [-0.4, -0.2) is 83.4 Å². The van der Waals surface area contributed by atoms with Crippen molar-refractivity contribution in [2.45, 2.75) is 132 Å². The van der Waals surface area contributed by atoms with Gasteiger partial charge in [-0.05, 0) is 83.9 Å². The molecule has 0 aliphatic carbocycles. The van der Waals surface area contributed by atoms with Crippen LogP contribution in [0, 0.1) is 16.7 Å². The molecule has 1 saturated heterocycles. The number of carbonyl (C=O) groups is 8. The van der Waals surface area contributed by atoms with Crippen molar-refractivity contribution < 1.29 is 52.7 Å². The molecule has 1 aromatic rings. The Kier molecular flexibility index (Phi) is 17.4. The van der Waals surface area contributed by atoms with E-state index in [2.05, 4.69) is 21.3 Å². The molecule has 2 atom stereocenters. The SMILES string of the molecule is CC(C)C(NC(=O)C(C)(C)CCOC(C)(C)CCC(=O)ON1C(=O)CCC1=O)C(=O)N[C@H](CCCNC(N)=O)C(=O)Nc1ccc(COC(=O)C(C)(C)C)cc1. The van der Waals surface area contributed by atoms with Gasteiger partial charge >= 0.3 is 18.0 Å². The molecule has 6 N–H and O–H groups in total. The van der Waals surface area contributed by atoms with Crippen LogP contribution in [0.1, 0.15) is 113 Å². The van der Waals surface area contributed by atoms with Gasteiger partial charge in [0.25, 0.3) is 11.8 Å². The number of hydrogen-bond acceptors (Lipinski definition) is 11. The van der Waals surface area contributed by atoms with Crippen LogP contribution in [0.15, 0.2) is 24.3 Å². The van der Waals surface area contributed by atoms with Crippen molar-refractivity contribution in [2.24, 2.45) is 22.5 Å². The molecular formula is C39H60N6O11. The normalized spacial score (nSPS) is 14.5. The van der Waals surface area contributed by atoms with Gasteiger partial charge in [-0.1, -0.05) is 39.8 Å². The number of urea groups is 1. The molecule has 17 nitrogen and oxygen atoms in total. The number of anilines is 1. The van der Waals surface area contributed by atoms with E-state index < -0.39 is 70.1 Å². The van der Waals surface area contributed by atoms with Crippen LogP contribution in [0.4, 0.5) is 10.5 Å². The van der Waals surface area contributed by atoms with Gasteiger partial charge in [0.05, 0.1) is 17.4 Å². The summed E-state index contributed by atoms with van der Waals surface area (Å²) in [7, 11) is 0. The van der Waals surface area contributed by atoms with Crippen molar-refractivity contribution >= 4 is 53.2 Å². The number of carbonyl (C=O) groups excluding carboxylic acids is 8. The number of esters is 1. The summed E-state index contributed by atoms with van der Waals surface area (Å²) in [5.74, 6) is -4.10. The number of nitrogens with zero attached hydrogens (tertiary/aromatic N) is 1. The van der Waals surface area contributed by atoms with E-state index in [9.17, 15) is 38.4 Å². The maximum Gasteiger partial charge on any atom is 0.333 e. The third-order valence-corrected chi connectivity index (χ3v) is 9.01. The van der Waals surface area contributed by atoms with E-state index in [0.29, 0.717) is 22.7 Å². The zero-order valence-corrected chi connectivity index (χ0v) is 34.1. The largest absolute Gasteiger partial charge is 0.460 e. The molecule has 1 aliphatic heterocycles. The van der Waals surface area contributed by atoms with Crippen molar-refractivity contribution in [1.82, 2.24) is 21.0 Å². The number of primary amides is 1. The van der Waals surface area contributed by atoms with Crippen molar-refractivity contribution in [3.63, 3.8) is 0 Å². The summed E-state index contributed by atoms with van der Waals surface area (Å²) in [6.07, 6.45) is 0.813. The summed E-state index contributed by atoms with van der Waals surface area (Å²) in [6, 6.07) is 3.92. The molecule has 56 heavy (non-hydrogen) atoms. The van der Waals surface area contributed by atoms with Crippen molar-refractivity contribution in [3.05, 3.63) is 29.8 Å². The number of nitrogens with two attached hydrogens (primary N) is 1. The maximum absolute atomic E-state index is 13.7. The number of ether oxygens (including phenoxy) is 2. The monoisotopic (exact) mass is 788 g/mol. The predicted molar refractivity (Wildman–Crippen MR) is 205 cm³/mol. The summed E-state index contributed by atoms with van der Waals surface area (Å²) in [4.78, 5) is 105. The van der Waals surface area contributed by atoms with Gasteiger partial charge in [-0.25, -0.2) is 9.59 Å². The molecular weight excluding hydrogens is 728 g/mol. The highest BCUT2D eigenvalue weighted by Gasteiger charge is 2.36. The number of benzene rings is 1. The smallest absolute Gasteiger partial charge is 0.333 e. The van der Waals surface area contributed by atoms with Gasteiger partial charge in [-0.3, -0.25) is 28.8 Å². The topological polar surface area (TPSA) is 242 Å². The van der Waals surface area contributed by atoms with Crippen LogP contribution < -0.4 is 27.0 Å². The molecule has 1 fully saturated rings. The average Bonchev–Trinajstić information content (AvgIpc) is 3.41. The summed E-state index contributed by atoms with van der Waals surface area (Å²) in [5.41, 5.74) is 3.88. The first kappa shape index (κ1) is 47.1. The van der Waals surface area contributed by atoms with Gasteiger partial charge in [0.15, 0.2) is 0 Å². The molecule has 0 saturated carbocycles. The molecule has 7 amide bonds. The van der Waals surface area contributed by atoms with Crippen LogP contribution in [-0.2, 0) is 54.5 Å². The lowest BCUT2D eigenvalue weighted by Crippen LogP contribution is -2.56. The van der Waals surface area contributed by atoms with Gasteiger partial charge in [0.1, 0.15) is 18.7 Å². The second-order valence-corrected chi connectivity index (χ2v) is 16.5.